The van der Waals surface area contributed by atoms with E-state index >= 15 is 0 Å². The molecule has 0 aromatic heterocycles. The number of halogens is 1. The zero-order valence-electron chi connectivity index (χ0n) is 15.0. The average Bonchev–Trinajstić information content (AvgIpc) is 2.89. The van der Waals surface area contributed by atoms with Gasteiger partial charge in [-0.2, -0.15) is 0 Å². The first-order valence-corrected chi connectivity index (χ1v) is 9.29. The number of nitrogens with zero attached hydrogens (tertiary/aromatic N) is 1. The van der Waals surface area contributed by atoms with Crippen molar-refractivity contribution in [2.45, 2.75) is 51.5 Å². The quantitative estimate of drug-likeness (QED) is 0.719. The predicted molar refractivity (Wildman–Crippen MR) is 103 cm³/mol. The maximum atomic E-state index is 12.3. The molecule has 0 saturated carbocycles. The lowest BCUT2D eigenvalue weighted by Gasteiger charge is -2.25. The molecule has 0 radical (unpaired) electrons. The van der Waals surface area contributed by atoms with Crippen molar-refractivity contribution < 1.29 is 14.3 Å². The van der Waals surface area contributed by atoms with Crippen molar-refractivity contribution in [3.05, 3.63) is 33.4 Å². The van der Waals surface area contributed by atoms with Gasteiger partial charge in [0.2, 0.25) is 0 Å². The summed E-state index contributed by atoms with van der Waals surface area (Å²) in [7, 11) is 1.69. The van der Waals surface area contributed by atoms with Gasteiger partial charge in [0, 0.05) is 23.3 Å². The van der Waals surface area contributed by atoms with E-state index in [0.717, 1.165) is 0 Å². The summed E-state index contributed by atoms with van der Waals surface area (Å²) in [6.07, 6.45) is -0.320. The summed E-state index contributed by atoms with van der Waals surface area (Å²) in [5, 5.41) is 3.59. The van der Waals surface area contributed by atoms with Crippen molar-refractivity contribution in [2.24, 2.45) is 0 Å². The van der Waals surface area contributed by atoms with E-state index in [0.29, 0.717) is 13.1 Å². The average molecular weight is 446 g/mol. The summed E-state index contributed by atoms with van der Waals surface area (Å²) in [6.45, 7) is 8.89. The molecular weight excluding hydrogens is 419 g/mol. The fourth-order valence-corrected chi connectivity index (χ4v) is 3.18. The van der Waals surface area contributed by atoms with Gasteiger partial charge in [-0.3, -0.25) is 0 Å². The van der Waals surface area contributed by atoms with Crippen LogP contribution in [0.1, 0.15) is 39.3 Å². The van der Waals surface area contributed by atoms with Crippen molar-refractivity contribution >= 4 is 28.7 Å². The van der Waals surface area contributed by atoms with Crippen LogP contribution in [0, 0.1) is 3.57 Å². The lowest BCUT2D eigenvalue weighted by atomic mass is 10.1. The van der Waals surface area contributed by atoms with Crippen molar-refractivity contribution in [2.75, 3.05) is 20.2 Å². The molecule has 2 rings (SSSR count). The molecule has 1 aromatic rings. The monoisotopic (exact) mass is 446 g/mol. The predicted octanol–water partition coefficient (Wildman–Crippen LogP) is 3.58. The van der Waals surface area contributed by atoms with Gasteiger partial charge in [0.25, 0.3) is 0 Å². The number of rotatable bonds is 4. The third-order valence-electron chi connectivity index (χ3n) is 4.05. The van der Waals surface area contributed by atoms with Gasteiger partial charge in [0.05, 0.1) is 18.7 Å². The van der Waals surface area contributed by atoms with Crippen LogP contribution in [0.3, 0.4) is 0 Å². The zero-order chi connectivity index (χ0) is 17.9. The van der Waals surface area contributed by atoms with Gasteiger partial charge in [-0.1, -0.05) is 12.1 Å². The number of benzene rings is 1. The number of hydrogen-bond acceptors (Lipinski definition) is 4. The van der Waals surface area contributed by atoms with Crippen LogP contribution >= 0.6 is 22.6 Å². The van der Waals surface area contributed by atoms with Gasteiger partial charge in [-0.05, 0) is 68.0 Å². The van der Waals surface area contributed by atoms with Crippen molar-refractivity contribution in [3.63, 3.8) is 0 Å². The molecule has 0 aliphatic carbocycles. The summed E-state index contributed by atoms with van der Waals surface area (Å²) in [5.74, 6) is 0. The van der Waals surface area contributed by atoms with Crippen LogP contribution in [-0.2, 0) is 9.47 Å². The van der Waals surface area contributed by atoms with Gasteiger partial charge in [0.15, 0.2) is 0 Å². The Morgan fingerprint density at radius 1 is 1.29 bits per heavy atom. The minimum absolute atomic E-state index is 0.0381. The Balaban J connectivity index is 1.99. The van der Waals surface area contributed by atoms with E-state index < -0.39 is 5.60 Å². The van der Waals surface area contributed by atoms with E-state index in [9.17, 15) is 4.79 Å². The molecule has 3 atom stereocenters. The molecule has 1 aliphatic rings. The molecule has 1 heterocycles. The SMILES string of the molecule is CO[C@H]1CN(C(=O)OC(C)(C)C)CC1NC(C)c1ccc(I)cc1. The molecular formula is C18H27IN2O3. The number of likely N-dealkylation sites (tertiary alicyclic amines) is 1. The highest BCUT2D eigenvalue weighted by atomic mass is 127. The molecule has 1 amide bonds. The second-order valence-electron chi connectivity index (χ2n) is 7.21. The van der Waals surface area contributed by atoms with Crippen LogP contribution in [-0.4, -0.2) is 48.9 Å². The smallest absolute Gasteiger partial charge is 0.410 e. The Morgan fingerprint density at radius 3 is 2.46 bits per heavy atom. The second-order valence-corrected chi connectivity index (χ2v) is 8.45. The number of ether oxygens (including phenoxy) is 2. The Labute approximate surface area is 158 Å². The molecule has 0 spiro atoms. The standard InChI is InChI=1S/C18H27IN2O3/c1-12(13-6-8-14(19)9-7-13)20-15-10-21(11-16(15)23-5)17(22)24-18(2,3)4/h6-9,12,15-16,20H,10-11H2,1-5H3/t12?,15?,16-/m0/s1. The lowest BCUT2D eigenvalue weighted by molar-refractivity contribution is 0.0252. The van der Waals surface area contributed by atoms with E-state index in [4.69, 9.17) is 9.47 Å². The number of carbonyl (C=O) groups excluding carboxylic acids is 1. The van der Waals surface area contributed by atoms with Crippen LogP contribution in [0.4, 0.5) is 4.79 Å². The Kier molecular flexibility index (Phi) is 6.50. The number of nitrogens with one attached hydrogen (secondary N) is 1. The van der Waals surface area contributed by atoms with Crippen LogP contribution in [0.5, 0.6) is 0 Å². The van der Waals surface area contributed by atoms with E-state index in [1.54, 1.807) is 12.0 Å². The number of carbonyl (C=O) groups is 1. The maximum absolute atomic E-state index is 12.3. The minimum Gasteiger partial charge on any atom is -0.444 e. The molecule has 2 unspecified atom stereocenters. The Bertz CT molecular complexity index is 556. The molecule has 24 heavy (non-hydrogen) atoms. The first kappa shape index (κ1) is 19.5. The fourth-order valence-electron chi connectivity index (χ4n) is 2.82. The van der Waals surface area contributed by atoms with E-state index in [2.05, 4.69) is 59.1 Å². The Morgan fingerprint density at radius 2 is 1.92 bits per heavy atom. The Hall–Kier alpha value is -0.860. The van der Waals surface area contributed by atoms with Crippen LogP contribution in [0.15, 0.2) is 24.3 Å². The summed E-state index contributed by atoms with van der Waals surface area (Å²) in [5.41, 5.74) is 0.737. The maximum Gasteiger partial charge on any atom is 0.410 e. The molecule has 1 fully saturated rings. The van der Waals surface area contributed by atoms with Crippen LogP contribution < -0.4 is 5.32 Å². The minimum atomic E-state index is -0.486. The largest absolute Gasteiger partial charge is 0.444 e. The molecule has 0 bridgehead atoms. The molecule has 1 saturated heterocycles. The molecule has 1 N–H and O–H groups in total. The normalized spacial score (nSPS) is 22.5. The van der Waals surface area contributed by atoms with E-state index in [1.165, 1.54) is 9.13 Å². The third kappa shape index (κ3) is 5.32. The van der Waals surface area contributed by atoms with Crippen molar-refractivity contribution in [1.29, 1.82) is 0 Å². The highest BCUT2D eigenvalue weighted by Gasteiger charge is 2.37. The van der Waals surface area contributed by atoms with E-state index in [-0.39, 0.29) is 24.3 Å². The van der Waals surface area contributed by atoms with Gasteiger partial charge in [-0.15, -0.1) is 0 Å². The number of methoxy groups -OCH3 is 1. The summed E-state index contributed by atoms with van der Waals surface area (Å²) in [6, 6.07) is 8.72. The topological polar surface area (TPSA) is 50.8 Å². The van der Waals surface area contributed by atoms with Gasteiger partial charge < -0.3 is 19.7 Å². The highest BCUT2D eigenvalue weighted by molar-refractivity contribution is 14.1. The van der Waals surface area contributed by atoms with E-state index in [1.807, 2.05) is 20.8 Å². The number of hydrogen-bond donors (Lipinski definition) is 1. The first-order valence-electron chi connectivity index (χ1n) is 8.22. The number of amides is 1. The van der Waals surface area contributed by atoms with Crippen molar-refractivity contribution in [3.8, 4) is 0 Å². The summed E-state index contributed by atoms with van der Waals surface area (Å²) >= 11 is 2.30. The highest BCUT2D eigenvalue weighted by Crippen LogP contribution is 2.21. The van der Waals surface area contributed by atoms with Crippen LogP contribution in [0.2, 0.25) is 0 Å². The van der Waals surface area contributed by atoms with Gasteiger partial charge >= 0.3 is 6.09 Å². The fraction of sp³-hybridized carbons (Fsp3) is 0.611. The van der Waals surface area contributed by atoms with Crippen LogP contribution in [0.25, 0.3) is 0 Å². The van der Waals surface area contributed by atoms with Gasteiger partial charge in [0.1, 0.15) is 5.60 Å². The van der Waals surface area contributed by atoms with Gasteiger partial charge in [-0.25, -0.2) is 4.79 Å². The zero-order valence-corrected chi connectivity index (χ0v) is 17.2. The molecule has 134 valence electrons. The third-order valence-corrected chi connectivity index (χ3v) is 4.77. The van der Waals surface area contributed by atoms with Crippen molar-refractivity contribution in [1.82, 2.24) is 10.2 Å². The molecule has 6 heteroatoms. The molecule has 1 aromatic carbocycles. The lowest BCUT2D eigenvalue weighted by Crippen LogP contribution is -2.41. The summed E-state index contributed by atoms with van der Waals surface area (Å²) in [4.78, 5) is 14.0. The summed E-state index contributed by atoms with van der Waals surface area (Å²) < 4.78 is 12.3. The molecule has 5 nitrogen and oxygen atoms in total. The second kappa shape index (κ2) is 8.01. The first-order chi connectivity index (χ1) is 11.2. The molecule has 1 aliphatic heterocycles.